The molecule has 106 valence electrons. The van der Waals surface area contributed by atoms with Crippen molar-refractivity contribution in [2.45, 2.75) is 13.5 Å². The van der Waals surface area contributed by atoms with Gasteiger partial charge in [0, 0.05) is 12.1 Å². The Morgan fingerprint density at radius 2 is 2.20 bits per heavy atom. The molecule has 0 radical (unpaired) electrons. The summed E-state index contributed by atoms with van der Waals surface area (Å²) in [6.07, 6.45) is 0. The van der Waals surface area contributed by atoms with E-state index in [2.05, 4.69) is 21.2 Å². The largest absolute Gasteiger partial charge is 0.504 e. The molecule has 0 atom stereocenters. The molecule has 1 aromatic carbocycles. The van der Waals surface area contributed by atoms with Crippen LogP contribution in [0.2, 0.25) is 0 Å². The molecule has 2 N–H and O–H groups in total. The second-order valence-electron chi connectivity index (χ2n) is 4.25. The monoisotopic (exact) mass is 339 g/mol. The summed E-state index contributed by atoms with van der Waals surface area (Å²) in [6, 6.07) is 6.64. The summed E-state index contributed by atoms with van der Waals surface area (Å²) < 4.78 is 10.8. The average Bonchev–Trinajstić information content (AvgIpc) is 2.76. The average molecular weight is 340 g/mol. The molecule has 0 aliphatic heterocycles. The van der Waals surface area contributed by atoms with Gasteiger partial charge in [-0.15, -0.1) is 0 Å². The Hall–Kier alpha value is -1.95. The van der Waals surface area contributed by atoms with E-state index in [0.29, 0.717) is 17.0 Å². The maximum atomic E-state index is 12.0. The topological polar surface area (TPSA) is 71.7 Å². The summed E-state index contributed by atoms with van der Waals surface area (Å²) in [5, 5.41) is 12.2. The van der Waals surface area contributed by atoms with Crippen molar-refractivity contribution in [3.63, 3.8) is 0 Å². The van der Waals surface area contributed by atoms with Gasteiger partial charge in [0.05, 0.1) is 7.11 Å². The Morgan fingerprint density at radius 1 is 1.45 bits per heavy atom. The number of rotatable bonds is 4. The SMILES string of the molecule is COc1cc(CNC(=O)c2oc(Br)cc2C)ccc1O. The van der Waals surface area contributed by atoms with Crippen molar-refractivity contribution in [3.05, 3.63) is 45.8 Å². The van der Waals surface area contributed by atoms with Crippen molar-refractivity contribution in [3.8, 4) is 11.5 Å². The van der Waals surface area contributed by atoms with E-state index in [4.69, 9.17) is 9.15 Å². The van der Waals surface area contributed by atoms with E-state index in [1.807, 2.05) is 0 Å². The summed E-state index contributed by atoms with van der Waals surface area (Å²) in [5.74, 6) is 0.421. The van der Waals surface area contributed by atoms with Crippen LogP contribution >= 0.6 is 15.9 Å². The number of carbonyl (C=O) groups is 1. The Kier molecular flexibility index (Phi) is 4.34. The van der Waals surface area contributed by atoms with Crippen molar-refractivity contribution >= 4 is 21.8 Å². The number of amides is 1. The number of halogens is 1. The molecule has 0 aliphatic rings. The number of nitrogens with one attached hydrogen (secondary N) is 1. The Bertz CT molecular complexity index is 636. The highest BCUT2D eigenvalue weighted by atomic mass is 79.9. The van der Waals surface area contributed by atoms with Crippen LogP contribution in [-0.2, 0) is 6.54 Å². The van der Waals surface area contributed by atoms with E-state index in [0.717, 1.165) is 11.1 Å². The first-order valence-electron chi connectivity index (χ1n) is 5.91. The van der Waals surface area contributed by atoms with Crippen molar-refractivity contribution in [2.24, 2.45) is 0 Å². The van der Waals surface area contributed by atoms with E-state index in [1.54, 1.807) is 25.1 Å². The molecule has 0 aliphatic carbocycles. The van der Waals surface area contributed by atoms with Crippen LogP contribution in [0.1, 0.15) is 21.7 Å². The van der Waals surface area contributed by atoms with Gasteiger partial charge in [-0.2, -0.15) is 0 Å². The maximum Gasteiger partial charge on any atom is 0.287 e. The molecule has 0 fully saturated rings. The van der Waals surface area contributed by atoms with Crippen molar-refractivity contribution in [1.29, 1.82) is 0 Å². The first kappa shape index (κ1) is 14.5. The third kappa shape index (κ3) is 3.14. The van der Waals surface area contributed by atoms with Gasteiger partial charge >= 0.3 is 0 Å². The molecule has 5 nitrogen and oxygen atoms in total. The lowest BCUT2D eigenvalue weighted by atomic mass is 10.2. The van der Waals surface area contributed by atoms with Crippen LogP contribution in [0.15, 0.2) is 33.4 Å². The smallest absolute Gasteiger partial charge is 0.287 e. The van der Waals surface area contributed by atoms with Gasteiger partial charge < -0.3 is 19.6 Å². The lowest BCUT2D eigenvalue weighted by Gasteiger charge is -2.07. The first-order valence-corrected chi connectivity index (χ1v) is 6.70. The highest BCUT2D eigenvalue weighted by Crippen LogP contribution is 2.26. The number of phenols is 1. The number of carbonyl (C=O) groups excluding carboxylic acids is 1. The number of phenolic OH excluding ortho intramolecular Hbond substituents is 1. The van der Waals surface area contributed by atoms with Crippen LogP contribution < -0.4 is 10.1 Å². The molecule has 2 rings (SSSR count). The molecule has 0 spiro atoms. The normalized spacial score (nSPS) is 10.3. The van der Waals surface area contributed by atoms with Gasteiger partial charge in [-0.3, -0.25) is 4.79 Å². The van der Waals surface area contributed by atoms with E-state index in [9.17, 15) is 9.90 Å². The third-order valence-electron chi connectivity index (χ3n) is 2.79. The van der Waals surface area contributed by atoms with Gasteiger partial charge in [-0.25, -0.2) is 0 Å². The van der Waals surface area contributed by atoms with E-state index < -0.39 is 0 Å². The number of ether oxygens (including phenoxy) is 1. The van der Waals surface area contributed by atoms with Crippen LogP contribution in [0.5, 0.6) is 11.5 Å². The minimum Gasteiger partial charge on any atom is -0.504 e. The molecule has 0 saturated carbocycles. The quantitative estimate of drug-likeness (QED) is 0.898. The predicted molar refractivity (Wildman–Crippen MR) is 77.0 cm³/mol. The summed E-state index contributed by atoms with van der Waals surface area (Å²) in [5.41, 5.74) is 1.58. The summed E-state index contributed by atoms with van der Waals surface area (Å²) in [4.78, 5) is 12.0. The van der Waals surface area contributed by atoms with Crippen molar-refractivity contribution in [2.75, 3.05) is 7.11 Å². The fraction of sp³-hybridized carbons (Fsp3) is 0.214. The molecule has 0 unspecified atom stereocenters. The van der Waals surface area contributed by atoms with E-state index in [-0.39, 0.29) is 17.4 Å². The zero-order valence-corrected chi connectivity index (χ0v) is 12.7. The van der Waals surface area contributed by atoms with Crippen LogP contribution in [0, 0.1) is 6.92 Å². The van der Waals surface area contributed by atoms with Gasteiger partial charge in [0.2, 0.25) is 0 Å². The summed E-state index contributed by atoms with van der Waals surface area (Å²) in [7, 11) is 1.47. The number of aromatic hydroxyl groups is 1. The number of hydrogen-bond donors (Lipinski definition) is 2. The van der Waals surface area contributed by atoms with Gasteiger partial charge in [-0.05, 0) is 46.6 Å². The Labute approximate surface area is 124 Å². The number of methoxy groups -OCH3 is 1. The molecule has 1 aromatic heterocycles. The molecule has 20 heavy (non-hydrogen) atoms. The van der Waals surface area contributed by atoms with Gasteiger partial charge in [0.25, 0.3) is 5.91 Å². The van der Waals surface area contributed by atoms with E-state index >= 15 is 0 Å². The lowest BCUT2D eigenvalue weighted by Crippen LogP contribution is -2.22. The Morgan fingerprint density at radius 3 is 2.80 bits per heavy atom. The predicted octanol–water partition coefficient (Wildman–Crippen LogP) is 2.99. The minimum atomic E-state index is -0.291. The van der Waals surface area contributed by atoms with Crippen LogP contribution in [0.4, 0.5) is 0 Å². The fourth-order valence-electron chi connectivity index (χ4n) is 1.76. The van der Waals surface area contributed by atoms with Crippen LogP contribution in [0.3, 0.4) is 0 Å². The molecular formula is C14H14BrNO4. The maximum absolute atomic E-state index is 12.0. The van der Waals surface area contributed by atoms with Gasteiger partial charge in [0.1, 0.15) is 0 Å². The number of hydrogen-bond acceptors (Lipinski definition) is 4. The molecule has 0 saturated heterocycles. The molecule has 1 heterocycles. The lowest BCUT2D eigenvalue weighted by molar-refractivity contribution is 0.0921. The minimum absolute atomic E-state index is 0.0633. The number of aryl methyl sites for hydroxylation is 1. The molecule has 6 heteroatoms. The third-order valence-corrected chi connectivity index (χ3v) is 3.18. The molecule has 1 amide bonds. The first-order chi connectivity index (χ1) is 9.51. The van der Waals surface area contributed by atoms with Crippen LogP contribution in [0.25, 0.3) is 0 Å². The summed E-state index contributed by atoms with van der Waals surface area (Å²) in [6.45, 7) is 2.11. The van der Waals surface area contributed by atoms with Crippen molar-refractivity contribution < 1.29 is 19.1 Å². The highest BCUT2D eigenvalue weighted by Gasteiger charge is 2.14. The fourth-order valence-corrected chi connectivity index (χ4v) is 2.27. The van der Waals surface area contributed by atoms with E-state index in [1.165, 1.54) is 13.2 Å². The number of benzene rings is 1. The Balaban J connectivity index is 2.05. The second-order valence-corrected chi connectivity index (χ2v) is 5.03. The second kappa shape index (κ2) is 6.00. The molecule has 0 bridgehead atoms. The zero-order chi connectivity index (χ0) is 14.7. The highest BCUT2D eigenvalue weighted by molar-refractivity contribution is 9.10. The van der Waals surface area contributed by atoms with Gasteiger partial charge in [0.15, 0.2) is 21.9 Å². The summed E-state index contributed by atoms with van der Waals surface area (Å²) >= 11 is 3.18. The molecular weight excluding hydrogens is 326 g/mol. The van der Waals surface area contributed by atoms with Crippen LogP contribution in [-0.4, -0.2) is 18.1 Å². The molecule has 2 aromatic rings. The van der Waals surface area contributed by atoms with Gasteiger partial charge in [-0.1, -0.05) is 6.07 Å². The number of furan rings is 1. The zero-order valence-electron chi connectivity index (χ0n) is 11.1. The standard InChI is InChI=1S/C14H14BrNO4/c1-8-5-12(15)20-13(8)14(18)16-7-9-3-4-10(17)11(6-9)19-2/h3-6,17H,7H2,1-2H3,(H,16,18). The van der Waals surface area contributed by atoms with Crippen molar-refractivity contribution in [1.82, 2.24) is 5.32 Å².